The topological polar surface area (TPSA) is 62.1 Å². The Kier molecular flexibility index (Phi) is 4.57. The van der Waals surface area contributed by atoms with Gasteiger partial charge < -0.3 is 10.1 Å². The first-order chi connectivity index (χ1) is 10.1. The quantitative estimate of drug-likeness (QED) is 0.935. The maximum Gasteiger partial charge on any atom is 0.265 e. The summed E-state index contributed by atoms with van der Waals surface area (Å²) in [6.07, 6.45) is -0.654. The Morgan fingerprint density at radius 1 is 1.24 bits per heavy atom. The van der Waals surface area contributed by atoms with Gasteiger partial charge in [0.25, 0.3) is 5.91 Å². The number of ether oxygens (including phenoxy) is 1. The van der Waals surface area contributed by atoms with Gasteiger partial charge >= 0.3 is 0 Å². The molecule has 2 aromatic carbocycles. The lowest BCUT2D eigenvalue weighted by molar-refractivity contribution is -0.122. The zero-order chi connectivity index (χ0) is 15.2. The summed E-state index contributed by atoms with van der Waals surface area (Å²) in [5.74, 6) is 0.271. The number of carbonyl (C=O) groups is 1. The minimum absolute atomic E-state index is 0.230. The van der Waals surface area contributed by atoms with Crippen molar-refractivity contribution in [1.82, 2.24) is 0 Å². The van der Waals surface area contributed by atoms with Gasteiger partial charge in [-0.2, -0.15) is 5.26 Å². The third kappa shape index (κ3) is 3.83. The van der Waals surface area contributed by atoms with Crippen molar-refractivity contribution < 1.29 is 9.53 Å². The average Bonchev–Trinajstić information content (AvgIpc) is 2.49. The van der Waals surface area contributed by atoms with E-state index >= 15 is 0 Å². The first kappa shape index (κ1) is 14.6. The minimum Gasteiger partial charge on any atom is -0.481 e. The standard InChI is InChI=1S/C17H16N2O2/c1-12-6-3-4-9-16(12)19-17(20)13(2)21-15-8-5-7-14(10-15)11-18/h3-10,13H,1-2H3,(H,19,20). The second-order valence-electron chi connectivity index (χ2n) is 4.70. The van der Waals surface area contributed by atoms with Crippen LogP contribution in [0.5, 0.6) is 5.75 Å². The van der Waals surface area contributed by atoms with Crippen molar-refractivity contribution in [1.29, 1.82) is 5.26 Å². The molecule has 1 unspecified atom stereocenters. The molecule has 0 bridgehead atoms. The summed E-state index contributed by atoms with van der Waals surface area (Å²) in [4.78, 5) is 12.1. The number of nitrogens with zero attached hydrogens (tertiary/aromatic N) is 1. The molecule has 0 heterocycles. The molecule has 0 spiro atoms. The molecular weight excluding hydrogens is 264 g/mol. The summed E-state index contributed by atoms with van der Waals surface area (Å²) in [6.45, 7) is 3.60. The maximum atomic E-state index is 12.1. The minimum atomic E-state index is -0.654. The normalized spacial score (nSPS) is 11.3. The summed E-state index contributed by atoms with van der Waals surface area (Å²) >= 11 is 0. The molecule has 0 saturated carbocycles. The van der Waals surface area contributed by atoms with Crippen molar-refractivity contribution in [2.75, 3.05) is 5.32 Å². The lowest BCUT2D eigenvalue weighted by atomic mass is 10.2. The zero-order valence-corrected chi connectivity index (χ0v) is 12.0. The SMILES string of the molecule is Cc1ccccc1NC(=O)C(C)Oc1cccc(C#N)c1. The van der Waals surface area contributed by atoms with Crippen LogP contribution in [0.15, 0.2) is 48.5 Å². The largest absolute Gasteiger partial charge is 0.481 e. The molecule has 0 fully saturated rings. The van der Waals surface area contributed by atoms with E-state index in [1.807, 2.05) is 37.3 Å². The number of nitriles is 1. The van der Waals surface area contributed by atoms with E-state index in [4.69, 9.17) is 10.00 Å². The predicted octanol–water partition coefficient (Wildman–Crippen LogP) is 3.27. The Labute approximate surface area is 124 Å². The Balaban J connectivity index is 2.03. The molecule has 0 aliphatic rings. The van der Waals surface area contributed by atoms with Crippen LogP contribution in [0.3, 0.4) is 0 Å². The van der Waals surface area contributed by atoms with Gasteiger partial charge in [0.15, 0.2) is 6.10 Å². The van der Waals surface area contributed by atoms with Crippen molar-refractivity contribution in [2.24, 2.45) is 0 Å². The van der Waals surface area contributed by atoms with Crippen LogP contribution in [-0.2, 0) is 4.79 Å². The lowest BCUT2D eigenvalue weighted by Crippen LogP contribution is -2.30. The number of amides is 1. The van der Waals surface area contributed by atoms with Gasteiger partial charge in [-0.05, 0) is 43.7 Å². The van der Waals surface area contributed by atoms with Crippen molar-refractivity contribution in [3.8, 4) is 11.8 Å². The fourth-order valence-electron chi connectivity index (χ4n) is 1.84. The monoisotopic (exact) mass is 280 g/mol. The molecule has 1 atom stereocenters. The van der Waals surface area contributed by atoms with Gasteiger partial charge in [0.05, 0.1) is 11.6 Å². The van der Waals surface area contributed by atoms with Gasteiger partial charge in [-0.25, -0.2) is 0 Å². The number of hydrogen-bond acceptors (Lipinski definition) is 3. The van der Waals surface area contributed by atoms with E-state index in [-0.39, 0.29) is 5.91 Å². The zero-order valence-electron chi connectivity index (χ0n) is 12.0. The molecular formula is C17H16N2O2. The van der Waals surface area contributed by atoms with E-state index in [2.05, 4.69) is 5.32 Å². The average molecular weight is 280 g/mol. The van der Waals surface area contributed by atoms with E-state index in [1.54, 1.807) is 31.2 Å². The molecule has 4 heteroatoms. The fourth-order valence-corrected chi connectivity index (χ4v) is 1.84. The van der Waals surface area contributed by atoms with E-state index < -0.39 is 6.10 Å². The Morgan fingerprint density at radius 3 is 2.71 bits per heavy atom. The van der Waals surface area contributed by atoms with Crippen molar-refractivity contribution in [3.63, 3.8) is 0 Å². The van der Waals surface area contributed by atoms with Crippen LogP contribution in [-0.4, -0.2) is 12.0 Å². The second kappa shape index (κ2) is 6.58. The fraction of sp³-hybridized carbons (Fsp3) is 0.176. The molecule has 0 aliphatic heterocycles. The number of aryl methyl sites for hydroxylation is 1. The van der Waals surface area contributed by atoms with Crippen LogP contribution < -0.4 is 10.1 Å². The highest BCUT2D eigenvalue weighted by Crippen LogP contribution is 2.17. The van der Waals surface area contributed by atoms with E-state index in [9.17, 15) is 4.79 Å². The molecule has 0 radical (unpaired) electrons. The molecule has 0 aliphatic carbocycles. The summed E-state index contributed by atoms with van der Waals surface area (Å²) in [5.41, 5.74) is 2.26. The number of rotatable bonds is 4. The number of anilines is 1. The molecule has 1 amide bonds. The van der Waals surface area contributed by atoms with Gasteiger partial charge in [0.2, 0.25) is 0 Å². The lowest BCUT2D eigenvalue weighted by Gasteiger charge is -2.15. The number of carbonyl (C=O) groups excluding carboxylic acids is 1. The maximum absolute atomic E-state index is 12.1. The van der Waals surface area contributed by atoms with E-state index in [0.29, 0.717) is 11.3 Å². The predicted molar refractivity (Wildman–Crippen MR) is 81.1 cm³/mol. The van der Waals surface area contributed by atoms with E-state index in [1.165, 1.54) is 0 Å². The van der Waals surface area contributed by atoms with E-state index in [0.717, 1.165) is 11.3 Å². The summed E-state index contributed by atoms with van der Waals surface area (Å²) in [5, 5.41) is 11.7. The highest BCUT2D eigenvalue weighted by molar-refractivity contribution is 5.94. The molecule has 2 aromatic rings. The van der Waals surface area contributed by atoms with Gasteiger partial charge in [0, 0.05) is 5.69 Å². The number of benzene rings is 2. The van der Waals surface area contributed by atoms with Crippen LogP contribution in [0.1, 0.15) is 18.1 Å². The molecule has 21 heavy (non-hydrogen) atoms. The second-order valence-corrected chi connectivity index (χ2v) is 4.70. The Morgan fingerprint density at radius 2 is 2.00 bits per heavy atom. The van der Waals surface area contributed by atoms with Gasteiger partial charge in [0.1, 0.15) is 5.75 Å². The third-order valence-electron chi connectivity index (χ3n) is 3.05. The van der Waals surface area contributed by atoms with Gasteiger partial charge in [-0.3, -0.25) is 4.79 Å². The van der Waals surface area contributed by atoms with Crippen molar-refractivity contribution in [2.45, 2.75) is 20.0 Å². The number of para-hydroxylation sites is 1. The van der Waals surface area contributed by atoms with Crippen LogP contribution in [0.4, 0.5) is 5.69 Å². The molecule has 106 valence electrons. The molecule has 2 rings (SSSR count). The van der Waals surface area contributed by atoms with Crippen LogP contribution in [0.2, 0.25) is 0 Å². The Bertz CT molecular complexity index is 689. The first-order valence-corrected chi connectivity index (χ1v) is 6.63. The molecule has 0 saturated heterocycles. The smallest absolute Gasteiger partial charge is 0.265 e. The van der Waals surface area contributed by atoms with Crippen LogP contribution >= 0.6 is 0 Å². The van der Waals surface area contributed by atoms with Crippen LogP contribution in [0.25, 0.3) is 0 Å². The summed E-state index contributed by atoms with van der Waals surface area (Å²) in [7, 11) is 0. The van der Waals surface area contributed by atoms with Crippen LogP contribution in [0, 0.1) is 18.3 Å². The number of nitrogens with one attached hydrogen (secondary N) is 1. The molecule has 0 aromatic heterocycles. The summed E-state index contributed by atoms with van der Waals surface area (Å²) < 4.78 is 5.57. The number of hydrogen-bond donors (Lipinski definition) is 1. The third-order valence-corrected chi connectivity index (χ3v) is 3.05. The van der Waals surface area contributed by atoms with Crippen molar-refractivity contribution in [3.05, 3.63) is 59.7 Å². The van der Waals surface area contributed by atoms with Gasteiger partial charge in [-0.1, -0.05) is 24.3 Å². The Hall–Kier alpha value is -2.80. The summed E-state index contributed by atoms with van der Waals surface area (Å²) in [6, 6.07) is 16.3. The highest BCUT2D eigenvalue weighted by atomic mass is 16.5. The highest BCUT2D eigenvalue weighted by Gasteiger charge is 2.15. The molecule has 1 N–H and O–H groups in total. The molecule has 4 nitrogen and oxygen atoms in total. The van der Waals surface area contributed by atoms with Crippen molar-refractivity contribution >= 4 is 11.6 Å². The first-order valence-electron chi connectivity index (χ1n) is 6.63. The van der Waals surface area contributed by atoms with Gasteiger partial charge in [-0.15, -0.1) is 0 Å².